The van der Waals surface area contributed by atoms with Gasteiger partial charge in [-0.15, -0.1) is 0 Å². The maximum absolute atomic E-state index is 13.2. The maximum atomic E-state index is 13.2. The Hall–Kier alpha value is -3.84. The van der Waals surface area contributed by atoms with Crippen LogP contribution in [-0.4, -0.2) is 73.0 Å². The van der Waals surface area contributed by atoms with Crippen LogP contribution in [0.4, 0.5) is 28.9 Å². The first kappa shape index (κ1) is 27.7. The maximum Gasteiger partial charge on any atom is 0.423 e. The quantitative estimate of drug-likeness (QED) is 0.185. The molecule has 1 aliphatic rings. The van der Waals surface area contributed by atoms with Crippen molar-refractivity contribution in [1.82, 2.24) is 9.80 Å². The number of esters is 1. The molecule has 2 aromatic rings. The number of alkyl halides is 3. The van der Waals surface area contributed by atoms with Crippen LogP contribution in [0.25, 0.3) is 6.08 Å². The number of carbonyl (C=O) groups excluding carboxylic acids is 2. The van der Waals surface area contributed by atoms with Crippen molar-refractivity contribution in [2.75, 3.05) is 51.7 Å². The van der Waals surface area contributed by atoms with E-state index in [-0.39, 0.29) is 18.8 Å². The van der Waals surface area contributed by atoms with Crippen molar-refractivity contribution in [2.24, 2.45) is 0 Å². The second kappa shape index (κ2) is 11.9. The predicted molar refractivity (Wildman–Crippen MR) is 126 cm³/mol. The first-order valence-electron chi connectivity index (χ1n) is 11.1. The number of nitrogens with one attached hydrogen (secondary N) is 1. The summed E-state index contributed by atoms with van der Waals surface area (Å²) in [4.78, 5) is 38.1. The molecule has 0 bridgehead atoms. The molecule has 0 atom stereocenters. The topological polar surface area (TPSA) is 105 Å². The van der Waals surface area contributed by atoms with E-state index in [0.29, 0.717) is 49.4 Å². The number of halogens is 4. The molecule has 0 radical (unpaired) electrons. The zero-order chi connectivity index (χ0) is 27.2. The number of carbonyl (C=O) groups is 2. The van der Waals surface area contributed by atoms with Crippen molar-refractivity contribution < 1.29 is 36.8 Å². The highest BCUT2D eigenvalue weighted by molar-refractivity contribution is 5.94. The molecular weight excluding hydrogens is 500 g/mol. The number of ether oxygens (including phenoxy) is 1. The Bertz CT molecular complexity index is 1180. The van der Waals surface area contributed by atoms with Gasteiger partial charge in [0.15, 0.2) is 0 Å². The van der Waals surface area contributed by atoms with E-state index in [1.54, 1.807) is 11.0 Å². The molecule has 0 saturated carbocycles. The summed E-state index contributed by atoms with van der Waals surface area (Å²) in [5.41, 5.74) is -1.73. The largest absolute Gasteiger partial charge is 0.466 e. The number of rotatable bonds is 8. The van der Waals surface area contributed by atoms with Gasteiger partial charge in [-0.05, 0) is 35.9 Å². The molecule has 1 fully saturated rings. The summed E-state index contributed by atoms with van der Waals surface area (Å²) < 4.78 is 57.5. The number of hydrogen-bond donors (Lipinski definition) is 1. The third-order valence-corrected chi connectivity index (χ3v) is 5.67. The summed E-state index contributed by atoms with van der Waals surface area (Å²) in [5, 5.41) is 13.2. The number of nitro benzene ring substituents is 1. The lowest BCUT2D eigenvalue weighted by Crippen LogP contribution is -2.49. The van der Waals surface area contributed by atoms with Crippen LogP contribution in [0.1, 0.15) is 11.1 Å². The van der Waals surface area contributed by atoms with Crippen molar-refractivity contribution in [3.05, 3.63) is 75.1 Å². The number of benzene rings is 2. The fourth-order valence-corrected chi connectivity index (χ4v) is 3.81. The van der Waals surface area contributed by atoms with E-state index in [0.717, 1.165) is 6.07 Å². The van der Waals surface area contributed by atoms with Crippen LogP contribution in [-0.2, 0) is 20.5 Å². The van der Waals surface area contributed by atoms with Crippen LogP contribution in [0, 0.1) is 15.9 Å². The van der Waals surface area contributed by atoms with Crippen molar-refractivity contribution in [1.29, 1.82) is 0 Å². The third kappa shape index (κ3) is 7.82. The fourth-order valence-electron chi connectivity index (χ4n) is 3.81. The lowest BCUT2D eigenvalue weighted by Gasteiger charge is -2.34. The average Bonchev–Trinajstić information content (AvgIpc) is 2.84. The van der Waals surface area contributed by atoms with Gasteiger partial charge >= 0.3 is 12.1 Å². The molecule has 1 amide bonds. The number of nitrogens with zero attached hydrogens (tertiary/aromatic N) is 3. The third-order valence-electron chi connectivity index (χ3n) is 5.67. The van der Waals surface area contributed by atoms with Gasteiger partial charge < -0.3 is 10.1 Å². The van der Waals surface area contributed by atoms with Crippen LogP contribution in [0.5, 0.6) is 0 Å². The van der Waals surface area contributed by atoms with E-state index in [9.17, 15) is 37.3 Å². The van der Waals surface area contributed by atoms with E-state index in [2.05, 4.69) is 5.32 Å². The Morgan fingerprint density at radius 2 is 1.65 bits per heavy atom. The smallest absolute Gasteiger partial charge is 0.423 e. The molecule has 0 aliphatic carbocycles. The molecule has 13 heteroatoms. The number of anilines is 1. The van der Waals surface area contributed by atoms with Gasteiger partial charge in [0.2, 0.25) is 5.91 Å². The Balaban J connectivity index is 1.56. The molecular formula is C24H24F4N4O5. The molecule has 9 nitrogen and oxygen atoms in total. The SMILES string of the molecule is COC(=O)/C(=C/c1ccc(F)cc1)CN1CCN(CC(=O)Nc2ccc([N+](=O)[O-])c(C(F)(F)F)c2)CC1. The molecule has 3 rings (SSSR count). The number of amides is 1. The fraction of sp³-hybridized carbons (Fsp3) is 0.333. The van der Waals surface area contributed by atoms with E-state index in [1.807, 2.05) is 4.90 Å². The summed E-state index contributed by atoms with van der Waals surface area (Å²) in [6.07, 6.45) is -3.34. The first-order valence-corrected chi connectivity index (χ1v) is 11.1. The summed E-state index contributed by atoms with van der Waals surface area (Å²) >= 11 is 0. The van der Waals surface area contributed by atoms with Crippen molar-refractivity contribution >= 4 is 29.3 Å². The molecule has 1 aliphatic heterocycles. The molecule has 198 valence electrons. The number of hydrogen-bond acceptors (Lipinski definition) is 7. The first-order chi connectivity index (χ1) is 17.5. The molecule has 1 saturated heterocycles. The van der Waals surface area contributed by atoms with Crippen LogP contribution >= 0.6 is 0 Å². The number of methoxy groups -OCH3 is 1. The summed E-state index contributed by atoms with van der Waals surface area (Å²) in [6, 6.07) is 7.93. The number of piperazine rings is 1. The number of nitro groups is 1. The minimum atomic E-state index is -4.95. The molecule has 1 N–H and O–H groups in total. The van der Waals surface area contributed by atoms with Crippen LogP contribution < -0.4 is 5.32 Å². The van der Waals surface area contributed by atoms with Crippen molar-refractivity contribution in [3.63, 3.8) is 0 Å². The Kier molecular flexibility index (Phi) is 8.95. The highest BCUT2D eigenvalue weighted by Crippen LogP contribution is 2.37. The van der Waals surface area contributed by atoms with Crippen LogP contribution in [0.15, 0.2) is 48.0 Å². The molecule has 1 heterocycles. The molecule has 2 aromatic carbocycles. The normalized spacial score (nSPS) is 15.3. The highest BCUT2D eigenvalue weighted by Gasteiger charge is 2.38. The van der Waals surface area contributed by atoms with Gasteiger partial charge in [0.1, 0.15) is 11.4 Å². The zero-order valence-electron chi connectivity index (χ0n) is 19.8. The molecule has 0 spiro atoms. The molecule has 37 heavy (non-hydrogen) atoms. The van der Waals surface area contributed by atoms with E-state index in [1.165, 1.54) is 31.4 Å². The molecule has 0 unspecified atom stereocenters. The predicted octanol–water partition coefficient (Wildman–Crippen LogP) is 3.57. The zero-order valence-corrected chi connectivity index (χ0v) is 19.8. The lowest BCUT2D eigenvalue weighted by molar-refractivity contribution is -0.388. The van der Waals surface area contributed by atoms with Crippen molar-refractivity contribution in [3.8, 4) is 0 Å². The van der Waals surface area contributed by atoms with Gasteiger partial charge in [-0.25, -0.2) is 9.18 Å². The summed E-state index contributed by atoms with van der Waals surface area (Å²) in [6.45, 7) is 2.08. The lowest BCUT2D eigenvalue weighted by atomic mass is 10.1. The van der Waals surface area contributed by atoms with Gasteiger partial charge in [-0.3, -0.25) is 24.7 Å². The monoisotopic (exact) mass is 524 g/mol. The summed E-state index contributed by atoms with van der Waals surface area (Å²) in [7, 11) is 1.26. The Labute approximate surface area is 209 Å². The Morgan fingerprint density at radius 1 is 1.05 bits per heavy atom. The highest BCUT2D eigenvalue weighted by atomic mass is 19.4. The minimum absolute atomic E-state index is 0.0958. The van der Waals surface area contributed by atoms with Crippen LogP contribution in [0.3, 0.4) is 0 Å². The van der Waals surface area contributed by atoms with Gasteiger partial charge in [-0.2, -0.15) is 13.2 Å². The van der Waals surface area contributed by atoms with E-state index < -0.39 is 40.0 Å². The average molecular weight is 524 g/mol. The Morgan fingerprint density at radius 3 is 2.19 bits per heavy atom. The van der Waals surface area contributed by atoms with Gasteiger partial charge in [-0.1, -0.05) is 12.1 Å². The van der Waals surface area contributed by atoms with E-state index >= 15 is 0 Å². The van der Waals surface area contributed by atoms with Gasteiger partial charge in [0.25, 0.3) is 5.69 Å². The standard InChI is InChI=1S/C24H24F4N4O5/c1-37-23(34)17(12-16-2-4-18(25)5-3-16)14-30-8-10-31(11-9-30)15-22(33)29-19-6-7-21(32(35)36)20(13-19)24(26,27)28/h2-7,12-13H,8-11,14-15H2,1H3,(H,29,33)/b17-12+. The van der Waals surface area contributed by atoms with Crippen molar-refractivity contribution in [2.45, 2.75) is 6.18 Å². The second-order valence-electron chi connectivity index (χ2n) is 8.30. The van der Waals surface area contributed by atoms with Crippen LogP contribution in [0.2, 0.25) is 0 Å². The second-order valence-corrected chi connectivity index (χ2v) is 8.30. The minimum Gasteiger partial charge on any atom is -0.466 e. The van der Waals surface area contributed by atoms with E-state index in [4.69, 9.17) is 4.74 Å². The summed E-state index contributed by atoms with van der Waals surface area (Å²) in [5.74, 6) is -1.49. The van der Waals surface area contributed by atoms with Gasteiger partial charge in [0, 0.05) is 44.5 Å². The molecule has 0 aromatic heterocycles. The van der Waals surface area contributed by atoms with Gasteiger partial charge in [0.05, 0.1) is 24.2 Å².